The smallest absolute Gasteiger partial charge is 0.132 e. The van der Waals surface area contributed by atoms with E-state index in [0.717, 1.165) is 0 Å². The second-order valence-corrected chi connectivity index (χ2v) is 4.42. The zero-order chi connectivity index (χ0) is 13.8. The van der Waals surface area contributed by atoms with Gasteiger partial charge >= 0.3 is 0 Å². The highest BCUT2D eigenvalue weighted by Gasteiger charge is 2.17. The molecule has 0 aliphatic heterocycles. The first-order chi connectivity index (χ1) is 9.13. The number of aryl methyl sites for hydroxylation is 1. The molecule has 4 heteroatoms. The molecule has 2 nitrogen and oxygen atoms in total. The van der Waals surface area contributed by atoms with E-state index in [0.29, 0.717) is 17.7 Å². The summed E-state index contributed by atoms with van der Waals surface area (Å²) in [5.74, 6) is -1.05. The normalized spacial score (nSPS) is 12.4. The van der Waals surface area contributed by atoms with Gasteiger partial charge in [-0.1, -0.05) is 19.1 Å². The molecule has 100 valence electrons. The minimum Gasteiger partial charge on any atom is -0.322 e. The molecule has 0 aliphatic carbocycles. The average molecular weight is 262 g/mol. The molecule has 0 spiro atoms. The van der Waals surface area contributed by atoms with Gasteiger partial charge in [-0.05, 0) is 36.6 Å². The second kappa shape index (κ2) is 5.89. The van der Waals surface area contributed by atoms with E-state index < -0.39 is 17.7 Å². The summed E-state index contributed by atoms with van der Waals surface area (Å²) >= 11 is 0. The van der Waals surface area contributed by atoms with Crippen LogP contribution in [0.4, 0.5) is 8.78 Å². The van der Waals surface area contributed by atoms with E-state index in [9.17, 15) is 8.78 Å². The largest absolute Gasteiger partial charge is 0.322 e. The number of hydrogen-bond donors (Lipinski definition) is 1. The SMILES string of the molecule is CCc1ccc(F)c(CC(N)c2ccccn2)c1F. The van der Waals surface area contributed by atoms with Crippen LogP contribution in [0.15, 0.2) is 36.5 Å². The Morgan fingerprint density at radius 1 is 1.21 bits per heavy atom. The highest BCUT2D eigenvalue weighted by atomic mass is 19.1. The van der Waals surface area contributed by atoms with Crippen molar-refractivity contribution < 1.29 is 8.78 Å². The van der Waals surface area contributed by atoms with Gasteiger partial charge in [-0.25, -0.2) is 8.78 Å². The lowest BCUT2D eigenvalue weighted by atomic mass is 9.99. The fraction of sp³-hybridized carbons (Fsp3) is 0.267. The van der Waals surface area contributed by atoms with Crippen molar-refractivity contribution in [2.24, 2.45) is 5.73 Å². The van der Waals surface area contributed by atoms with Crippen LogP contribution in [0.5, 0.6) is 0 Å². The van der Waals surface area contributed by atoms with E-state index in [1.54, 1.807) is 24.4 Å². The molecule has 0 fully saturated rings. The Morgan fingerprint density at radius 3 is 2.63 bits per heavy atom. The molecular formula is C15H16F2N2. The summed E-state index contributed by atoms with van der Waals surface area (Å²) in [6.07, 6.45) is 2.24. The molecule has 0 bridgehead atoms. The number of halogens is 2. The Morgan fingerprint density at radius 2 is 2.00 bits per heavy atom. The van der Waals surface area contributed by atoms with E-state index in [1.165, 1.54) is 12.1 Å². The maximum atomic E-state index is 14.1. The first kappa shape index (κ1) is 13.6. The Hall–Kier alpha value is -1.81. The second-order valence-electron chi connectivity index (χ2n) is 4.42. The Labute approximate surface area is 111 Å². The molecule has 0 amide bonds. The van der Waals surface area contributed by atoms with Crippen LogP contribution in [0, 0.1) is 11.6 Å². The van der Waals surface area contributed by atoms with Gasteiger partial charge in [-0.3, -0.25) is 4.98 Å². The fourth-order valence-electron chi connectivity index (χ4n) is 2.03. The summed E-state index contributed by atoms with van der Waals surface area (Å²) in [5, 5.41) is 0. The van der Waals surface area contributed by atoms with Gasteiger partial charge in [0.05, 0.1) is 11.7 Å². The van der Waals surface area contributed by atoms with Crippen LogP contribution in [0.25, 0.3) is 0 Å². The summed E-state index contributed by atoms with van der Waals surface area (Å²) < 4.78 is 27.8. The number of aromatic nitrogens is 1. The molecule has 1 atom stereocenters. The Bertz CT molecular complexity index is 556. The van der Waals surface area contributed by atoms with E-state index in [1.807, 2.05) is 6.92 Å². The highest BCUT2D eigenvalue weighted by molar-refractivity contribution is 5.29. The van der Waals surface area contributed by atoms with E-state index in [4.69, 9.17) is 5.73 Å². The maximum absolute atomic E-state index is 14.1. The summed E-state index contributed by atoms with van der Waals surface area (Å²) in [5.41, 5.74) is 7.13. The number of hydrogen-bond acceptors (Lipinski definition) is 2. The molecular weight excluding hydrogens is 246 g/mol. The van der Waals surface area contributed by atoms with Crippen molar-refractivity contribution in [3.05, 3.63) is 65.0 Å². The van der Waals surface area contributed by atoms with Crippen molar-refractivity contribution in [1.29, 1.82) is 0 Å². The summed E-state index contributed by atoms with van der Waals surface area (Å²) in [4.78, 5) is 4.11. The lowest BCUT2D eigenvalue weighted by Crippen LogP contribution is -2.17. The molecule has 0 saturated carbocycles. The van der Waals surface area contributed by atoms with E-state index in [-0.39, 0.29) is 12.0 Å². The van der Waals surface area contributed by atoms with Gasteiger partial charge in [-0.15, -0.1) is 0 Å². The number of rotatable bonds is 4. The van der Waals surface area contributed by atoms with E-state index in [2.05, 4.69) is 4.98 Å². The molecule has 1 unspecified atom stereocenters. The molecule has 0 radical (unpaired) electrons. The zero-order valence-corrected chi connectivity index (χ0v) is 10.7. The maximum Gasteiger partial charge on any atom is 0.132 e. The van der Waals surface area contributed by atoms with Gasteiger partial charge in [0.1, 0.15) is 11.6 Å². The third-order valence-electron chi connectivity index (χ3n) is 3.14. The predicted molar refractivity (Wildman–Crippen MR) is 70.6 cm³/mol. The van der Waals surface area contributed by atoms with E-state index >= 15 is 0 Å². The van der Waals surface area contributed by atoms with Gasteiger partial charge < -0.3 is 5.73 Å². The van der Waals surface area contributed by atoms with Gasteiger partial charge in [-0.2, -0.15) is 0 Å². The van der Waals surface area contributed by atoms with Crippen molar-refractivity contribution >= 4 is 0 Å². The molecule has 2 aromatic rings. The molecule has 1 aromatic carbocycles. The predicted octanol–water partition coefficient (Wildman–Crippen LogP) is 3.16. The number of benzene rings is 1. The quantitative estimate of drug-likeness (QED) is 0.919. The highest BCUT2D eigenvalue weighted by Crippen LogP contribution is 2.22. The Kier molecular flexibility index (Phi) is 4.22. The lowest BCUT2D eigenvalue weighted by molar-refractivity contribution is 0.529. The van der Waals surface area contributed by atoms with Crippen LogP contribution in [0.1, 0.15) is 29.8 Å². The Balaban J connectivity index is 2.28. The van der Waals surface area contributed by atoms with Crippen LogP contribution in [-0.2, 0) is 12.8 Å². The molecule has 19 heavy (non-hydrogen) atoms. The van der Waals surface area contributed by atoms with Crippen molar-refractivity contribution in [2.75, 3.05) is 0 Å². The minimum absolute atomic E-state index is 0.0394. The van der Waals surface area contributed by atoms with Crippen molar-refractivity contribution in [1.82, 2.24) is 4.98 Å². The first-order valence-electron chi connectivity index (χ1n) is 6.25. The summed E-state index contributed by atoms with van der Waals surface area (Å²) in [6, 6.07) is 7.58. The van der Waals surface area contributed by atoms with Crippen LogP contribution in [0.2, 0.25) is 0 Å². The summed E-state index contributed by atoms with van der Waals surface area (Å²) in [7, 11) is 0. The van der Waals surface area contributed by atoms with Crippen LogP contribution in [0.3, 0.4) is 0 Å². The number of nitrogens with zero attached hydrogens (tertiary/aromatic N) is 1. The molecule has 0 saturated heterocycles. The zero-order valence-electron chi connectivity index (χ0n) is 10.7. The third-order valence-corrected chi connectivity index (χ3v) is 3.14. The van der Waals surface area contributed by atoms with Gasteiger partial charge in [0.25, 0.3) is 0 Å². The van der Waals surface area contributed by atoms with Gasteiger partial charge in [0.2, 0.25) is 0 Å². The molecule has 2 rings (SSSR count). The molecule has 2 N–H and O–H groups in total. The monoisotopic (exact) mass is 262 g/mol. The number of pyridine rings is 1. The van der Waals surface area contributed by atoms with Crippen molar-refractivity contribution in [2.45, 2.75) is 25.8 Å². The topological polar surface area (TPSA) is 38.9 Å². The van der Waals surface area contributed by atoms with Crippen LogP contribution < -0.4 is 5.73 Å². The average Bonchev–Trinajstić information content (AvgIpc) is 2.44. The first-order valence-corrected chi connectivity index (χ1v) is 6.25. The molecule has 0 aliphatic rings. The summed E-state index contributed by atoms with van der Waals surface area (Å²) in [6.45, 7) is 1.83. The lowest BCUT2D eigenvalue weighted by Gasteiger charge is -2.14. The van der Waals surface area contributed by atoms with Crippen LogP contribution >= 0.6 is 0 Å². The van der Waals surface area contributed by atoms with Gasteiger partial charge in [0.15, 0.2) is 0 Å². The number of nitrogens with two attached hydrogens (primary N) is 1. The standard InChI is InChI=1S/C15H16F2N2/c1-2-10-6-7-12(16)11(15(10)17)9-13(18)14-5-3-4-8-19-14/h3-8,13H,2,9,18H2,1H3. The van der Waals surface area contributed by atoms with Crippen LogP contribution in [-0.4, -0.2) is 4.98 Å². The van der Waals surface area contributed by atoms with Gasteiger partial charge in [0, 0.05) is 11.8 Å². The fourth-order valence-corrected chi connectivity index (χ4v) is 2.03. The molecule has 1 heterocycles. The molecule has 1 aromatic heterocycles. The van der Waals surface area contributed by atoms with Crippen molar-refractivity contribution in [3.63, 3.8) is 0 Å². The third kappa shape index (κ3) is 2.96. The van der Waals surface area contributed by atoms with Crippen molar-refractivity contribution in [3.8, 4) is 0 Å². The minimum atomic E-state index is -0.555.